The SMILES string of the molecule is CC(C)n1c(=O)n(-c2cc(OC(C)(F)C(F)F)ccn2)c2cc(F)c(C(=O)CC3(C)CCS(=O)(=O)CC3)cc21. The van der Waals surface area contributed by atoms with Crippen LogP contribution in [0.3, 0.4) is 0 Å². The quantitative estimate of drug-likeness (QED) is 0.278. The number of sulfone groups is 1. The van der Waals surface area contributed by atoms with E-state index < -0.39 is 50.9 Å². The van der Waals surface area contributed by atoms with Crippen LogP contribution in [0.4, 0.5) is 17.6 Å². The highest BCUT2D eigenvalue weighted by Gasteiger charge is 2.38. The van der Waals surface area contributed by atoms with Gasteiger partial charge in [0.2, 0.25) is 0 Å². The lowest BCUT2D eigenvalue weighted by Gasteiger charge is -2.32. The fourth-order valence-corrected chi connectivity index (χ4v) is 6.53. The Morgan fingerprint density at radius 1 is 1.18 bits per heavy atom. The molecule has 0 radical (unpaired) electrons. The molecule has 13 heteroatoms. The molecule has 4 rings (SSSR count). The predicted octanol–water partition coefficient (Wildman–Crippen LogP) is 5.02. The third kappa shape index (κ3) is 5.73. The van der Waals surface area contributed by atoms with Crippen molar-refractivity contribution >= 4 is 26.7 Å². The lowest BCUT2D eigenvalue weighted by Crippen LogP contribution is -2.35. The van der Waals surface area contributed by atoms with E-state index in [1.54, 1.807) is 20.8 Å². The first-order valence-electron chi connectivity index (χ1n) is 12.4. The number of carbonyl (C=O) groups is 1. The van der Waals surface area contributed by atoms with Gasteiger partial charge in [0.1, 0.15) is 27.2 Å². The van der Waals surface area contributed by atoms with Gasteiger partial charge in [-0.1, -0.05) is 6.92 Å². The molecule has 0 saturated carbocycles. The number of carbonyl (C=O) groups excluding carboxylic acids is 1. The first-order chi connectivity index (χ1) is 18.0. The van der Waals surface area contributed by atoms with Gasteiger partial charge in [-0.3, -0.25) is 9.36 Å². The van der Waals surface area contributed by atoms with Gasteiger partial charge in [0.25, 0.3) is 0 Å². The van der Waals surface area contributed by atoms with E-state index in [0.29, 0.717) is 6.92 Å². The minimum Gasteiger partial charge on any atom is -0.452 e. The number of nitrogens with zero attached hydrogens (tertiary/aromatic N) is 3. The number of benzene rings is 1. The molecule has 1 atom stereocenters. The second-order valence-corrected chi connectivity index (χ2v) is 13.0. The second-order valence-electron chi connectivity index (χ2n) is 10.7. The van der Waals surface area contributed by atoms with Crippen LogP contribution in [-0.4, -0.2) is 52.1 Å². The Kier molecular flexibility index (Phi) is 7.43. The number of hydrogen-bond acceptors (Lipinski definition) is 6. The predicted molar refractivity (Wildman–Crippen MR) is 137 cm³/mol. The lowest BCUT2D eigenvalue weighted by molar-refractivity contribution is -0.152. The van der Waals surface area contributed by atoms with Crippen LogP contribution in [0.5, 0.6) is 5.75 Å². The van der Waals surface area contributed by atoms with Crippen LogP contribution in [0.2, 0.25) is 0 Å². The van der Waals surface area contributed by atoms with Crippen molar-refractivity contribution in [3.63, 3.8) is 0 Å². The molecule has 39 heavy (non-hydrogen) atoms. The lowest BCUT2D eigenvalue weighted by atomic mass is 9.78. The maximum atomic E-state index is 15.4. The molecular formula is C26H29F4N3O5S. The van der Waals surface area contributed by atoms with Crippen molar-refractivity contribution < 1.29 is 35.5 Å². The van der Waals surface area contributed by atoms with Crippen LogP contribution in [0.25, 0.3) is 16.9 Å². The summed E-state index contributed by atoms with van der Waals surface area (Å²) in [6, 6.07) is 4.10. The zero-order valence-electron chi connectivity index (χ0n) is 21.9. The summed E-state index contributed by atoms with van der Waals surface area (Å²) in [5.74, 6) is -5.23. The molecule has 1 aliphatic rings. The van der Waals surface area contributed by atoms with E-state index in [0.717, 1.165) is 29.0 Å². The van der Waals surface area contributed by atoms with Gasteiger partial charge in [0, 0.05) is 37.7 Å². The second kappa shape index (κ2) is 10.1. The third-order valence-electron chi connectivity index (χ3n) is 7.05. The van der Waals surface area contributed by atoms with E-state index >= 15 is 4.39 Å². The summed E-state index contributed by atoms with van der Waals surface area (Å²) in [5, 5.41) is 0. The highest BCUT2D eigenvalue weighted by Crippen LogP contribution is 2.37. The van der Waals surface area contributed by atoms with Crippen molar-refractivity contribution in [3.05, 3.63) is 52.3 Å². The molecule has 1 saturated heterocycles. The number of ketones is 1. The minimum absolute atomic E-state index is 0.0390. The van der Waals surface area contributed by atoms with E-state index in [9.17, 15) is 31.2 Å². The number of imidazole rings is 1. The summed E-state index contributed by atoms with van der Waals surface area (Å²) in [4.78, 5) is 30.7. The summed E-state index contributed by atoms with van der Waals surface area (Å²) in [5.41, 5.74) is -1.21. The molecule has 0 spiro atoms. The number of hydrogen-bond donors (Lipinski definition) is 0. The Labute approximate surface area is 222 Å². The highest BCUT2D eigenvalue weighted by atomic mass is 32.2. The molecule has 1 fully saturated rings. The highest BCUT2D eigenvalue weighted by molar-refractivity contribution is 7.91. The van der Waals surface area contributed by atoms with Crippen LogP contribution in [0, 0.1) is 11.2 Å². The maximum Gasteiger partial charge on any atom is 0.335 e. The van der Waals surface area contributed by atoms with Gasteiger partial charge in [-0.15, -0.1) is 0 Å². The maximum absolute atomic E-state index is 15.4. The number of ether oxygens (including phenoxy) is 1. The Morgan fingerprint density at radius 2 is 1.82 bits per heavy atom. The van der Waals surface area contributed by atoms with Crippen molar-refractivity contribution in [3.8, 4) is 11.6 Å². The minimum atomic E-state index is -3.44. The van der Waals surface area contributed by atoms with Crippen molar-refractivity contribution in [2.24, 2.45) is 5.41 Å². The number of halogens is 4. The van der Waals surface area contributed by atoms with Gasteiger partial charge in [-0.05, 0) is 44.2 Å². The molecule has 3 aromatic rings. The Morgan fingerprint density at radius 3 is 2.41 bits per heavy atom. The molecule has 3 heterocycles. The summed E-state index contributed by atoms with van der Waals surface area (Å²) >= 11 is 0. The fraction of sp³-hybridized carbons (Fsp3) is 0.500. The molecule has 1 unspecified atom stereocenters. The summed E-state index contributed by atoms with van der Waals surface area (Å²) in [6.07, 6.45) is -1.80. The van der Waals surface area contributed by atoms with E-state index in [-0.39, 0.29) is 58.9 Å². The number of Topliss-reactive ketones (excluding diaryl/α,β-unsaturated/α-hetero) is 1. The average Bonchev–Trinajstić information content (AvgIpc) is 3.11. The van der Waals surface area contributed by atoms with Crippen LogP contribution >= 0.6 is 0 Å². The topological polar surface area (TPSA) is 100 Å². The molecule has 1 aliphatic heterocycles. The molecule has 8 nitrogen and oxygen atoms in total. The molecule has 0 N–H and O–H groups in total. The van der Waals surface area contributed by atoms with E-state index in [1.165, 1.54) is 10.6 Å². The molecule has 0 amide bonds. The zero-order valence-corrected chi connectivity index (χ0v) is 22.7. The van der Waals surface area contributed by atoms with Crippen molar-refractivity contribution in [2.45, 2.75) is 65.3 Å². The number of fused-ring (bicyclic) bond motifs is 1. The Hall–Kier alpha value is -3.22. The van der Waals surface area contributed by atoms with Gasteiger partial charge < -0.3 is 4.74 Å². The first kappa shape index (κ1) is 28.8. The summed E-state index contributed by atoms with van der Waals surface area (Å²) in [7, 11) is -3.15. The zero-order chi connectivity index (χ0) is 28.9. The average molecular weight is 572 g/mol. The smallest absolute Gasteiger partial charge is 0.335 e. The Balaban J connectivity index is 1.78. The van der Waals surface area contributed by atoms with Gasteiger partial charge >= 0.3 is 18.0 Å². The van der Waals surface area contributed by atoms with Gasteiger partial charge in [0.05, 0.1) is 28.1 Å². The first-order valence-corrected chi connectivity index (χ1v) is 14.2. The number of aromatic nitrogens is 3. The van der Waals surface area contributed by atoms with E-state index in [2.05, 4.69) is 4.98 Å². The summed E-state index contributed by atoms with van der Waals surface area (Å²) in [6.45, 7) is 5.79. The van der Waals surface area contributed by atoms with E-state index in [1.807, 2.05) is 0 Å². The number of pyridine rings is 1. The number of rotatable bonds is 8. The van der Waals surface area contributed by atoms with Gasteiger partial charge in [0.15, 0.2) is 5.78 Å². The van der Waals surface area contributed by atoms with Crippen LogP contribution in [0.15, 0.2) is 35.3 Å². The van der Waals surface area contributed by atoms with Crippen LogP contribution < -0.4 is 10.4 Å². The standard InChI is InChI=1S/C26H29F4N3O5S/c1-15(2)32-19-12-17(21(34)14-25(3)6-9-39(36,37)10-7-25)18(27)13-20(19)33(24(32)35)22-11-16(5-8-31-22)38-26(4,30)23(28)29/h5,8,11-13,15,23H,6-7,9-10,14H2,1-4H3. The largest absolute Gasteiger partial charge is 0.452 e. The van der Waals surface area contributed by atoms with Crippen molar-refractivity contribution in [1.82, 2.24) is 14.1 Å². The summed E-state index contributed by atoms with van der Waals surface area (Å²) < 4.78 is 86.2. The molecule has 0 aliphatic carbocycles. The van der Waals surface area contributed by atoms with Gasteiger partial charge in [-0.25, -0.2) is 35.9 Å². The third-order valence-corrected chi connectivity index (χ3v) is 8.70. The molecule has 2 aromatic heterocycles. The van der Waals surface area contributed by atoms with Gasteiger partial charge in [-0.2, -0.15) is 4.39 Å². The van der Waals surface area contributed by atoms with Crippen LogP contribution in [0.1, 0.15) is 63.4 Å². The number of alkyl halides is 3. The molecule has 1 aromatic carbocycles. The monoisotopic (exact) mass is 571 g/mol. The molecular weight excluding hydrogens is 542 g/mol. The molecule has 212 valence electrons. The van der Waals surface area contributed by atoms with Crippen LogP contribution in [-0.2, 0) is 9.84 Å². The van der Waals surface area contributed by atoms with Crippen molar-refractivity contribution in [1.29, 1.82) is 0 Å². The molecule has 0 bridgehead atoms. The normalized spacial score (nSPS) is 18.4. The van der Waals surface area contributed by atoms with Crippen molar-refractivity contribution in [2.75, 3.05) is 11.5 Å². The Bertz CT molecular complexity index is 1580. The van der Waals surface area contributed by atoms with E-state index in [4.69, 9.17) is 4.74 Å². The fourth-order valence-electron chi connectivity index (χ4n) is 4.72.